The van der Waals surface area contributed by atoms with E-state index in [0.29, 0.717) is 12.2 Å². The summed E-state index contributed by atoms with van der Waals surface area (Å²) < 4.78 is 6.39. The predicted molar refractivity (Wildman–Crippen MR) is 113 cm³/mol. The number of rotatable bonds is 10. The molecule has 0 saturated heterocycles. The van der Waals surface area contributed by atoms with E-state index in [9.17, 15) is 4.79 Å². The van der Waals surface area contributed by atoms with Crippen LogP contribution in [0.4, 0.5) is 0 Å². The van der Waals surface area contributed by atoms with Crippen LogP contribution in [0.5, 0.6) is 0 Å². The van der Waals surface area contributed by atoms with E-state index in [2.05, 4.69) is 34.6 Å². The Hall–Kier alpha value is -1.54. The number of halogens is 1. The molecule has 2 aromatic rings. The third-order valence-electron chi connectivity index (χ3n) is 4.25. The number of ether oxygens (including phenoxy) is 1. The van der Waals surface area contributed by atoms with Gasteiger partial charge in [-0.3, -0.25) is 0 Å². The Balaban J connectivity index is 1.67. The summed E-state index contributed by atoms with van der Waals surface area (Å²) in [7, 11) is 0. The number of esters is 1. The highest BCUT2D eigenvalue weighted by atomic mass is 127. The van der Waals surface area contributed by atoms with E-state index in [4.69, 9.17) is 11.2 Å². The molecule has 2 nitrogen and oxygen atoms in total. The van der Waals surface area contributed by atoms with E-state index in [1.165, 1.54) is 25.7 Å². The SMILES string of the molecule is C#CCCCCCCCCCOC(=O)c1cc2ccccc2cc1I. The van der Waals surface area contributed by atoms with Gasteiger partial charge in [-0.05, 0) is 58.3 Å². The zero-order valence-corrected chi connectivity index (χ0v) is 16.8. The van der Waals surface area contributed by atoms with Crippen LogP contribution in [-0.2, 0) is 4.74 Å². The number of terminal acetylenes is 1. The second-order valence-corrected chi connectivity index (χ2v) is 7.41. The Kier molecular flexibility index (Phi) is 8.82. The van der Waals surface area contributed by atoms with Crippen LogP contribution in [0.1, 0.15) is 61.7 Å². The summed E-state index contributed by atoms with van der Waals surface area (Å²) in [6.07, 6.45) is 14.2. The average molecular weight is 448 g/mol. The van der Waals surface area contributed by atoms with E-state index in [-0.39, 0.29) is 5.97 Å². The molecule has 0 aliphatic carbocycles. The van der Waals surface area contributed by atoms with Crippen molar-refractivity contribution in [3.05, 3.63) is 45.5 Å². The molecule has 0 aliphatic heterocycles. The van der Waals surface area contributed by atoms with E-state index >= 15 is 0 Å². The van der Waals surface area contributed by atoms with Crippen molar-refractivity contribution >= 4 is 39.3 Å². The average Bonchev–Trinajstić information content (AvgIpc) is 2.62. The summed E-state index contributed by atoms with van der Waals surface area (Å²) in [5, 5.41) is 2.21. The zero-order chi connectivity index (χ0) is 17.9. The fourth-order valence-corrected chi connectivity index (χ4v) is 3.54. The van der Waals surface area contributed by atoms with Crippen molar-refractivity contribution in [3.63, 3.8) is 0 Å². The van der Waals surface area contributed by atoms with Gasteiger partial charge in [0.05, 0.1) is 12.2 Å². The lowest BCUT2D eigenvalue weighted by Crippen LogP contribution is -2.08. The van der Waals surface area contributed by atoms with Gasteiger partial charge in [0.15, 0.2) is 0 Å². The molecule has 0 atom stereocenters. The van der Waals surface area contributed by atoms with Gasteiger partial charge in [-0.25, -0.2) is 4.79 Å². The van der Waals surface area contributed by atoms with Gasteiger partial charge < -0.3 is 4.74 Å². The predicted octanol–water partition coefficient (Wildman–Crippen LogP) is 6.36. The monoisotopic (exact) mass is 448 g/mol. The maximum absolute atomic E-state index is 12.3. The topological polar surface area (TPSA) is 26.3 Å². The van der Waals surface area contributed by atoms with Crippen molar-refractivity contribution in [2.45, 2.75) is 51.4 Å². The van der Waals surface area contributed by atoms with Crippen LogP contribution in [0.15, 0.2) is 36.4 Å². The molecule has 0 radical (unpaired) electrons. The Labute approximate surface area is 164 Å². The normalized spacial score (nSPS) is 10.6. The summed E-state index contributed by atoms with van der Waals surface area (Å²) in [5.41, 5.74) is 0.660. The minimum Gasteiger partial charge on any atom is -0.462 e. The van der Waals surface area contributed by atoms with Crippen molar-refractivity contribution in [2.75, 3.05) is 6.61 Å². The molecule has 132 valence electrons. The fourth-order valence-electron chi connectivity index (χ4n) is 2.82. The molecule has 0 bridgehead atoms. The number of carbonyl (C=O) groups is 1. The summed E-state index contributed by atoms with van der Waals surface area (Å²) in [5.74, 6) is 2.46. The lowest BCUT2D eigenvalue weighted by molar-refractivity contribution is 0.0496. The highest BCUT2D eigenvalue weighted by molar-refractivity contribution is 14.1. The smallest absolute Gasteiger partial charge is 0.339 e. The van der Waals surface area contributed by atoms with Crippen LogP contribution in [0.25, 0.3) is 10.8 Å². The quantitative estimate of drug-likeness (QED) is 0.183. The zero-order valence-electron chi connectivity index (χ0n) is 14.6. The summed E-state index contributed by atoms with van der Waals surface area (Å²) >= 11 is 2.20. The minimum atomic E-state index is -0.218. The van der Waals surface area contributed by atoms with Crippen LogP contribution in [0.2, 0.25) is 0 Å². The molecule has 25 heavy (non-hydrogen) atoms. The molecule has 3 heteroatoms. The molecule has 0 spiro atoms. The van der Waals surface area contributed by atoms with Gasteiger partial charge in [0.2, 0.25) is 0 Å². The maximum Gasteiger partial charge on any atom is 0.339 e. The molecule has 0 amide bonds. The molecule has 0 heterocycles. The number of hydrogen-bond acceptors (Lipinski definition) is 2. The molecule has 0 fully saturated rings. The third kappa shape index (κ3) is 6.70. The van der Waals surface area contributed by atoms with Gasteiger partial charge in [0.1, 0.15) is 0 Å². The molecule has 0 unspecified atom stereocenters. The summed E-state index contributed by atoms with van der Waals surface area (Å²) in [6.45, 7) is 0.499. The Morgan fingerprint density at radius 1 is 0.960 bits per heavy atom. The van der Waals surface area contributed by atoms with Crippen molar-refractivity contribution in [2.24, 2.45) is 0 Å². The Morgan fingerprint density at radius 3 is 2.24 bits per heavy atom. The van der Waals surface area contributed by atoms with Gasteiger partial charge in [0.25, 0.3) is 0 Å². The molecular formula is C22H25IO2. The number of unbranched alkanes of at least 4 members (excludes halogenated alkanes) is 7. The van der Waals surface area contributed by atoms with Crippen molar-refractivity contribution < 1.29 is 9.53 Å². The second kappa shape index (κ2) is 11.1. The molecule has 0 N–H and O–H groups in total. The first-order chi connectivity index (χ1) is 12.2. The van der Waals surface area contributed by atoms with Gasteiger partial charge in [-0.1, -0.05) is 56.4 Å². The van der Waals surface area contributed by atoms with Crippen LogP contribution in [-0.4, -0.2) is 12.6 Å². The largest absolute Gasteiger partial charge is 0.462 e. The van der Waals surface area contributed by atoms with Crippen LogP contribution < -0.4 is 0 Å². The maximum atomic E-state index is 12.3. The first-order valence-corrected chi connectivity index (χ1v) is 10.1. The van der Waals surface area contributed by atoms with Gasteiger partial charge in [-0.15, -0.1) is 12.3 Å². The molecule has 2 rings (SSSR count). The number of benzene rings is 2. The molecule has 0 saturated carbocycles. The third-order valence-corrected chi connectivity index (χ3v) is 5.15. The van der Waals surface area contributed by atoms with E-state index in [1.54, 1.807) is 0 Å². The summed E-state index contributed by atoms with van der Waals surface area (Å²) in [6, 6.07) is 12.0. The molecule has 0 aromatic heterocycles. The molecule has 2 aromatic carbocycles. The first-order valence-electron chi connectivity index (χ1n) is 9.01. The second-order valence-electron chi connectivity index (χ2n) is 6.24. The standard InChI is InChI=1S/C22H25IO2/c1-2-3-4-5-6-7-8-9-12-15-25-22(24)20-16-18-13-10-11-14-19(18)17-21(20)23/h1,10-11,13-14,16-17H,3-9,12,15H2. The van der Waals surface area contributed by atoms with E-state index in [0.717, 1.165) is 40.0 Å². The van der Waals surface area contributed by atoms with Gasteiger partial charge in [0, 0.05) is 9.99 Å². The van der Waals surface area contributed by atoms with Crippen molar-refractivity contribution in [1.82, 2.24) is 0 Å². The van der Waals surface area contributed by atoms with Crippen LogP contribution in [0.3, 0.4) is 0 Å². The summed E-state index contributed by atoms with van der Waals surface area (Å²) in [4.78, 5) is 12.3. The van der Waals surface area contributed by atoms with Crippen molar-refractivity contribution in [1.29, 1.82) is 0 Å². The molecule has 0 aliphatic rings. The number of carbonyl (C=O) groups excluding carboxylic acids is 1. The highest BCUT2D eigenvalue weighted by Crippen LogP contribution is 2.22. The lowest BCUT2D eigenvalue weighted by atomic mass is 10.1. The van der Waals surface area contributed by atoms with Crippen molar-refractivity contribution in [3.8, 4) is 12.3 Å². The van der Waals surface area contributed by atoms with Crippen LogP contribution in [0, 0.1) is 15.9 Å². The first kappa shape index (κ1) is 19.8. The number of fused-ring (bicyclic) bond motifs is 1. The molecular weight excluding hydrogens is 423 g/mol. The number of hydrogen-bond donors (Lipinski definition) is 0. The Bertz CT molecular complexity index is 730. The minimum absolute atomic E-state index is 0.218. The van der Waals surface area contributed by atoms with E-state index in [1.807, 2.05) is 30.3 Å². The van der Waals surface area contributed by atoms with E-state index < -0.39 is 0 Å². The highest BCUT2D eigenvalue weighted by Gasteiger charge is 2.12. The van der Waals surface area contributed by atoms with Gasteiger partial charge in [-0.2, -0.15) is 0 Å². The van der Waals surface area contributed by atoms with Gasteiger partial charge >= 0.3 is 5.97 Å². The fraction of sp³-hybridized carbons (Fsp3) is 0.409. The van der Waals surface area contributed by atoms with Crippen LogP contribution >= 0.6 is 22.6 Å². The lowest BCUT2D eigenvalue weighted by Gasteiger charge is -2.08. The Morgan fingerprint density at radius 2 is 1.56 bits per heavy atom.